The molecule has 3 rings (SSSR count). The molecule has 0 saturated heterocycles. The van der Waals surface area contributed by atoms with Gasteiger partial charge >= 0.3 is 0 Å². The monoisotopic (exact) mass is 324 g/mol. The van der Waals surface area contributed by atoms with E-state index < -0.39 is 0 Å². The molecule has 0 aliphatic heterocycles. The zero-order chi connectivity index (χ0) is 16.4. The van der Waals surface area contributed by atoms with Crippen LogP contribution in [0.5, 0.6) is 5.75 Å². The summed E-state index contributed by atoms with van der Waals surface area (Å²) in [6.07, 6.45) is 0. The van der Waals surface area contributed by atoms with Gasteiger partial charge in [0, 0.05) is 16.0 Å². The van der Waals surface area contributed by atoms with Crippen LogP contribution in [0, 0.1) is 13.8 Å². The van der Waals surface area contributed by atoms with E-state index in [1.54, 1.807) is 11.3 Å². The Bertz CT molecular complexity index is 822. The van der Waals surface area contributed by atoms with Gasteiger partial charge in [0.1, 0.15) is 10.8 Å². The minimum Gasteiger partial charge on any atom is -0.492 e. The average Bonchev–Trinajstić information content (AvgIpc) is 2.92. The van der Waals surface area contributed by atoms with Crippen molar-refractivity contribution >= 4 is 17.0 Å². The van der Waals surface area contributed by atoms with Gasteiger partial charge < -0.3 is 10.5 Å². The van der Waals surface area contributed by atoms with Crippen LogP contribution in [-0.4, -0.2) is 11.6 Å². The lowest BCUT2D eigenvalue weighted by atomic mass is 10.1. The van der Waals surface area contributed by atoms with Crippen LogP contribution in [0.2, 0.25) is 0 Å². The van der Waals surface area contributed by atoms with Crippen LogP contribution in [0.4, 0.5) is 5.69 Å². The van der Waals surface area contributed by atoms with Crippen LogP contribution >= 0.6 is 11.3 Å². The first-order chi connectivity index (χ1) is 11.1. The molecule has 0 radical (unpaired) electrons. The van der Waals surface area contributed by atoms with Crippen molar-refractivity contribution in [3.63, 3.8) is 0 Å². The molecule has 0 saturated carbocycles. The van der Waals surface area contributed by atoms with Crippen molar-refractivity contribution in [2.24, 2.45) is 0 Å². The first-order valence-corrected chi connectivity index (χ1v) is 8.47. The van der Waals surface area contributed by atoms with Crippen LogP contribution in [0.3, 0.4) is 0 Å². The SMILES string of the molecule is CCOc1ccc(-c2nc(-c3ccc(C)cc3)c(C)s2)cc1N. The molecule has 0 aliphatic carbocycles. The highest BCUT2D eigenvalue weighted by atomic mass is 32.1. The molecule has 1 aromatic heterocycles. The summed E-state index contributed by atoms with van der Waals surface area (Å²) in [5, 5.41) is 0.979. The van der Waals surface area contributed by atoms with Gasteiger partial charge in [0.2, 0.25) is 0 Å². The molecule has 3 nitrogen and oxygen atoms in total. The summed E-state index contributed by atoms with van der Waals surface area (Å²) >= 11 is 1.69. The van der Waals surface area contributed by atoms with Gasteiger partial charge in [0.15, 0.2) is 0 Å². The summed E-state index contributed by atoms with van der Waals surface area (Å²) in [7, 11) is 0. The van der Waals surface area contributed by atoms with E-state index in [9.17, 15) is 0 Å². The normalized spacial score (nSPS) is 10.7. The van der Waals surface area contributed by atoms with Gasteiger partial charge in [-0.05, 0) is 39.0 Å². The number of rotatable bonds is 4. The minimum absolute atomic E-state index is 0.609. The molecular formula is C19H20N2OS. The number of hydrogen-bond acceptors (Lipinski definition) is 4. The number of nitrogen functional groups attached to an aromatic ring is 1. The highest BCUT2D eigenvalue weighted by Crippen LogP contribution is 2.35. The van der Waals surface area contributed by atoms with E-state index in [2.05, 4.69) is 38.1 Å². The molecule has 1 heterocycles. The Hall–Kier alpha value is -2.33. The number of aryl methyl sites for hydroxylation is 2. The van der Waals surface area contributed by atoms with Gasteiger partial charge in [-0.15, -0.1) is 11.3 Å². The molecule has 3 aromatic rings. The number of hydrogen-bond donors (Lipinski definition) is 1. The van der Waals surface area contributed by atoms with Crippen LogP contribution < -0.4 is 10.5 Å². The predicted molar refractivity (Wildman–Crippen MR) is 98.0 cm³/mol. The topological polar surface area (TPSA) is 48.1 Å². The molecule has 0 fully saturated rings. The lowest BCUT2D eigenvalue weighted by Gasteiger charge is -2.07. The number of nitrogens with two attached hydrogens (primary N) is 1. The quantitative estimate of drug-likeness (QED) is 0.681. The van der Waals surface area contributed by atoms with Gasteiger partial charge in [-0.1, -0.05) is 29.8 Å². The molecule has 0 amide bonds. The molecule has 0 aliphatic rings. The molecule has 0 atom stereocenters. The van der Waals surface area contributed by atoms with E-state index in [1.807, 2.05) is 25.1 Å². The molecule has 118 valence electrons. The number of benzene rings is 2. The summed E-state index contributed by atoms with van der Waals surface area (Å²) < 4.78 is 5.49. The zero-order valence-corrected chi connectivity index (χ0v) is 14.4. The van der Waals surface area contributed by atoms with Crippen molar-refractivity contribution in [2.75, 3.05) is 12.3 Å². The number of aromatic nitrogens is 1. The second-order valence-corrected chi connectivity index (χ2v) is 6.68. The van der Waals surface area contributed by atoms with Gasteiger partial charge in [-0.2, -0.15) is 0 Å². The first-order valence-electron chi connectivity index (χ1n) is 7.65. The molecule has 23 heavy (non-hydrogen) atoms. The maximum atomic E-state index is 6.07. The predicted octanol–water partition coefficient (Wildman–Crippen LogP) is 5.07. The van der Waals surface area contributed by atoms with Gasteiger partial charge in [0.05, 0.1) is 18.0 Å². The van der Waals surface area contributed by atoms with Crippen LogP contribution in [-0.2, 0) is 0 Å². The molecule has 4 heteroatoms. The molecular weight excluding hydrogens is 304 g/mol. The van der Waals surface area contributed by atoms with E-state index in [4.69, 9.17) is 15.5 Å². The van der Waals surface area contributed by atoms with Crippen molar-refractivity contribution in [2.45, 2.75) is 20.8 Å². The summed E-state index contributed by atoms with van der Waals surface area (Å²) in [6.45, 7) is 6.75. The Morgan fingerprint density at radius 2 is 1.74 bits per heavy atom. The van der Waals surface area contributed by atoms with Crippen molar-refractivity contribution in [3.05, 3.63) is 52.9 Å². The molecule has 2 N–H and O–H groups in total. The van der Waals surface area contributed by atoms with E-state index in [0.717, 1.165) is 27.6 Å². The summed E-state index contributed by atoms with van der Waals surface area (Å²) in [6, 6.07) is 14.3. The number of thiazole rings is 1. The second-order valence-electron chi connectivity index (χ2n) is 5.48. The second kappa shape index (κ2) is 6.42. The lowest BCUT2D eigenvalue weighted by molar-refractivity contribution is 0.342. The third-order valence-electron chi connectivity index (χ3n) is 3.68. The fraction of sp³-hybridized carbons (Fsp3) is 0.211. The molecule has 0 bridgehead atoms. The smallest absolute Gasteiger partial charge is 0.142 e. The van der Waals surface area contributed by atoms with Crippen LogP contribution in [0.15, 0.2) is 42.5 Å². The maximum Gasteiger partial charge on any atom is 0.142 e. The van der Waals surface area contributed by atoms with E-state index in [-0.39, 0.29) is 0 Å². The van der Waals surface area contributed by atoms with Crippen molar-refractivity contribution in [3.8, 4) is 27.6 Å². The number of ether oxygens (including phenoxy) is 1. The maximum absolute atomic E-state index is 6.07. The third kappa shape index (κ3) is 3.22. The number of anilines is 1. The molecule has 0 spiro atoms. The molecule has 0 unspecified atom stereocenters. The zero-order valence-electron chi connectivity index (χ0n) is 13.6. The van der Waals surface area contributed by atoms with Crippen molar-refractivity contribution < 1.29 is 4.74 Å². The van der Waals surface area contributed by atoms with Gasteiger partial charge in [0.25, 0.3) is 0 Å². The van der Waals surface area contributed by atoms with Crippen LogP contribution in [0.25, 0.3) is 21.8 Å². The fourth-order valence-electron chi connectivity index (χ4n) is 2.47. The lowest BCUT2D eigenvalue weighted by Crippen LogP contribution is -1.96. The average molecular weight is 324 g/mol. The highest BCUT2D eigenvalue weighted by molar-refractivity contribution is 7.15. The van der Waals surface area contributed by atoms with Gasteiger partial charge in [-0.3, -0.25) is 0 Å². The number of nitrogens with zero attached hydrogens (tertiary/aromatic N) is 1. The summed E-state index contributed by atoms with van der Waals surface area (Å²) in [4.78, 5) is 6.02. The fourth-order valence-corrected chi connectivity index (χ4v) is 3.40. The van der Waals surface area contributed by atoms with Crippen molar-refractivity contribution in [1.82, 2.24) is 4.98 Å². The standard InChI is InChI=1S/C19H20N2OS/c1-4-22-17-10-9-15(11-16(17)20)19-21-18(13(3)23-19)14-7-5-12(2)6-8-14/h5-11H,4,20H2,1-3H3. The summed E-state index contributed by atoms with van der Waals surface area (Å²) in [5.74, 6) is 0.725. The Labute approximate surface area is 140 Å². The van der Waals surface area contributed by atoms with Gasteiger partial charge in [-0.25, -0.2) is 4.98 Å². The first kappa shape index (κ1) is 15.6. The Morgan fingerprint density at radius 3 is 2.39 bits per heavy atom. The molecule has 2 aromatic carbocycles. The Morgan fingerprint density at radius 1 is 1.04 bits per heavy atom. The third-order valence-corrected chi connectivity index (χ3v) is 4.70. The Balaban J connectivity index is 1.97. The van der Waals surface area contributed by atoms with Crippen LogP contribution in [0.1, 0.15) is 17.4 Å². The van der Waals surface area contributed by atoms with E-state index in [0.29, 0.717) is 12.3 Å². The highest BCUT2D eigenvalue weighted by Gasteiger charge is 2.12. The van der Waals surface area contributed by atoms with E-state index >= 15 is 0 Å². The van der Waals surface area contributed by atoms with Crippen molar-refractivity contribution in [1.29, 1.82) is 0 Å². The largest absolute Gasteiger partial charge is 0.492 e. The van der Waals surface area contributed by atoms with E-state index in [1.165, 1.54) is 10.4 Å². The summed E-state index contributed by atoms with van der Waals surface area (Å²) in [5.41, 5.74) is 11.2. The minimum atomic E-state index is 0.609. The Kier molecular flexibility index (Phi) is 4.35.